The highest BCUT2D eigenvalue weighted by Crippen LogP contribution is 2.40. The maximum atomic E-state index is 5.32. The van der Waals surface area contributed by atoms with E-state index < -0.39 is 0 Å². The standard InChI is InChI=1S/C62H40N6/c1-4-18-41(19-5-1)44-24-16-25-45(38-44)46-35-37-58(67-55-31-13-10-26-49(55)50-27-11-14-32-56(50)67)53(39-46)54-36-34-47(40-63-54)61-64-60(43-22-8-3-9-23-43)65-62(66-61)68-57-33-15-12-28-51(57)52-30-17-29-48(59(52)68)42-20-6-2-7-21-42/h1-40H. The number of pyridine rings is 1. The molecule has 4 heterocycles. The van der Waals surface area contributed by atoms with E-state index >= 15 is 0 Å². The van der Waals surface area contributed by atoms with E-state index in [1.54, 1.807) is 0 Å². The normalized spacial score (nSPS) is 11.5. The molecule has 318 valence electrons. The van der Waals surface area contributed by atoms with Gasteiger partial charge in [-0.25, -0.2) is 4.98 Å². The molecule has 6 nitrogen and oxygen atoms in total. The van der Waals surface area contributed by atoms with Crippen molar-refractivity contribution in [3.05, 3.63) is 243 Å². The van der Waals surface area contributed by atoms with Crippen molar-refractivity contribution in [1.29, 1.82) is 0 Å². The first-order valence-electron chi connectivity index (χ1n) is 22.9. The van der Waals surface area contributed by atoms with Crippen molar-refractivity contribution < 1.29 is 0 Å². The van der Waals surface area contributed by atoms with Crippen molar-refractivity contribution in [2.45, 2.75) is 0 Å². The summed E-state index contributed by atoms with van der Waals surface area (Å²) in [7, 11) is 0. The molecular weight excluding hydrogens is 829 g/mol. The maximum absolute atomic E-state index is 5.32. The lowest BCUT2D eigenvalue weighted by Crippen LogP contribution is -2.07. The summed E-state index contributed by atoms with van der Waals surface area (Å²) in [4.78, 5) is 21.0. The second kappa shape index (κ2) is 16.3. The highest BCUT2D eigenvalue weighted by atomic mass is 15.2. The van der Waals surface area contributed by atoms with Crippen molar-refractivity contribution in [2.24, 2.45) is 0 Å². The van der Waals surface area contributed by atoms with E-state index in [1.807, 2.05) is 36.5 Å². The van der Waals surface area contributed by atoms with Gasteiger partial charge in [0.1, 0.15) is 0 Å². The van der Waals surface area contributed by atoms with Crippen molar-refractivity contribution in [3.63, 3.8) is 0 Å². The van der Waals surface area contributed by atoms with Crippen LogP contribution in [-0.4, -0.2) is 29.1 Å². The molecule has 13 rings (SSSR count). The first-order valence-corrected chi connectivity index (χ1v) is 22.9. The van der Waals surface area contributed by atoms with E-state index in [2.05, 4.69) is 215 Å². The first kappa shape index (κ1) is 39.1. The average Bonchev–Trinajstić information content (AvgIpc) is 3.95. The summed E-state index contributed by atoms with van der Waals surface area (Å²) in [6.07, 6.45) is 1.91. The van der Waals surface area contributed by atoms with Crippen molar-refractivity contribution in [3.8, 4) is 79.0 Å². The van der Waals surface area contributed by atoms with E-state index in [0.29, 0.717) is 17.6 Å². The number of hydrogen-bond donors (Lipinski definition) is 0. The molecule has 0 unspecified atom stereocenters. The van der Waals surface area contributed by atoms with Gasteiger partial charge in [-0.1, -0.05) is 188 Å². The lowest BCUT2D eigenvalue weighted by molar-refractivity contribution is 0.953. The summed E-state index contributed by atoms with van der Waals surface area (Å²) < 4.78 is 4.57. The lowest BCUT2D eigenvalue weighted by atomic mass is 9.96. The molecule has 6 heteroatoms. The third-order valence-electron chi connectivity index (χ3n) is 13.1. The Labute approximate surface area is 392 Å². The fraction of sp³-hybridized carbons (Fsp3) is 0. The smallest absolute Gasteiger partial charge is 0.238 e. The van der Waals surface area contributed by atoms with Crippen LogP contribution in [-0.2, 0) is 0 Å². The highest BCUT2D eigenvalue weighted by Gasteiger charge is 2.22. The quantitative estimate of drug-likeness (QED) is 0.153. The molecule has 13 aromatic rings. The minimum absolute atomic E-state index is 0.533. The Kier molecular flexibility index (Phi) is 9.39. The monoisotopic (exact) mass is 868 g/mol. The molecule has 0 aliphatic heterocycles. The first-order chi connectivity index (χ1) is 33.7. The third kappa shape index (κ3) is 6.66. The minimum Gasteiger partial charge on any atom is -0.309 e. The largest absolute Gasteiger partial charge is 0.309 e. The van der Waals surface area contributed by atoms with Crippen LogP contribution in [0.2, 0.25) is 0 Å². The van der Waals surface area contributed by atoms with E-state index in [0.717, 1.165) is 83.2 Å². The second-order valence-electron chi connectivity index (χ2n) is 17.0. The minimum atomic E-state index is 0.533. The van der Waals surface area contributed by atoms with Gasteiger partial charge in [0.25, 0.3) is 0 Å². The molecule has 68 heavy (non-hydrogen) atoms. The molecular formula is C62H40N6. The summed E-state index contributed by atoms with van der Waals surface area (Å²) in [6.45, 7) is 0. The number of rotatable bonds is 8. The van der Waals surface area contributed by atoms with Crippen LogP contribution in [0, 0.1) is 0 Å². The van der Waals surface area contributed by atoms with Crippen LogP contribution in [0.4, 0.5) is 0 Å². The number of benzene rings is 9. The summed E-state index contributed by atoms with van der Waals surface area (Å²) in [6, 6.07) is 83.2. The third-order valence-corrected chi connectivity index (χ3v) is 13.1. The Balaban J connectivity index is 0.999. The van der Waals surface area contributed by atoms with Gasteiger partial charge in [-0.15, -0.1) is 0 Å². The zero-order valence-corrected chi connectivity index (χ0v) is 36.8. The SMILES string of the molecule is c1ccc(-c2cccc(-c3ccc(-n4c5ccccc5c5ccccc54)c(-c4ccc(-c5nc(-c6ccccc6)nc(-n6c7ccccc7c7cccc(-c8ccccc8)c76)n5)cn4)c3)c2)cc1. The van der Waals surface area contributed by atoms with Crippen LogP contribution in [0.25, 0.3) is 123 Å². The van der Waals surface area contributed by atoms with Gasteiger partial charge in [0.15, 0.2) is 11.6 Å². The van der Waals surface area contributed by atoms with Crippen LogP contribution in [0.3, 0.4) is 0 Å². The van der Waals surface area contributed by atoms with Crippen LogP contribution in [0.1, 0.15) is 0 Å². The fourth-order valence-corrected chi connectivity index (χ4v) is 9.88. The number of hydrogen-bond acceptors (Lipinski definition) is 4. The van der Waals surface area contributed by atoms with Gasteiger partial charge in [-0.2, -0.15) is 9.97 Å². The van der Waals surface area contributed by atoms with Crippen LogP contribution >= 0.6 is 0 Å². The molecule has 9 aromatic carbocycles. The molecule has 0 radical (unpaired) electrons. The molecule has 0 aliphatic rings. The van der Waals surface area contributed by atoms with Crippen LogP contribution < -0.4 is 0 Å². The highest BCUT2D eigenvalue weighted by molar-refractivity contribution is 6.14. The molecule has 0 N–H and O–H groups in total. The second-order valence-corrected chi connectivity index (χ2v) is 17.0. The molecule has 0 fully saturated rings. The summed E-state index contributed by atoms with van der Waals surface area (Å²) in [5.41, 5.74) is 15.7. The zero-order valence-electron chi connectivity index (χ0n) is 36.8. The van der Waals surface area contributed by atoms with Gasteiger partial charge in [0.2, 0.25) is 5.95 Å². The summed E-state index contributed by atoms with van der Waals surface area (Å²) in [5.74, 6) is 1.65. The van der Waals surface area contributed by atoms with Gasteiger partial charge in [-0.3, -0.25) is 9.55 Å². The van der Waals surface area contributed by atoms with E-state index in [1.165, 1.54) is 21.9 Å². The lowest BCUT2D eigenvalue weighted by Gasteiger charge is -2.16. The predicted molar refractivity (Wildman–Crippen MR) is 279 cm³/mol. The summed E-state index contributed by atoms with van der Waals surface area (Å²) in [5, 5.41) is 4.67. The number of aromatic nitrogens is 6. The Morgan fingerprint density at radius 1 is 0.294 bits per heavy atom. The fourth-order valence-electron chi connectivity index (χ4n) is 9.88. The van der Waals surface area contributed by atoms with Gasteiger partial charge < -0.3 is 4.57 Å². The predicted octanol–water partition coefficient (Wildman–Crippen LogP) is 15.5. The molecule has 0 bridgehead atoms. The molecule has 0 saturated carbocycles. The zero-order chi connectivity index (χ0) is 45.0. The Bertz CT molecular complexity index is 3950. The van der Waals surface area contributed by atoms with Crippen molar-refractivity contribution in [2.75, 3.05) is 0 Å². The Hall–Kier alpha value is -9.26. The van der Waals surface area contributed by atoms with E-state index in [9.17, 15) is 0 Å². The van der Waals surface area contributed by atoms with Crippen LogP contribution in [0.5, 0.6) is 0 Å². The Morgan fingerprint density at radius 3 is 1.43 bits per heavy atom. The molecule has 0 amide bonds. The molecule has 0 spiro atoms. The molecule has 0 aliphatic carbocycles. The van der Waals surface area contributed by atoms with Crippen LogP contribution in [0.15, 0.2) is 243 Å². The van der Waals surface area contributed by atoms with E-state index in [-0.39, 0.29) is 0 Å². The van der Waals surface area contributed by atoms with Gasteiger partial charge in [0, 0.05) is 50.0 Å². The van der Waals surface area contributed by atoms with Gasteiger partial charge in [-0.05, 0) is 76.3 Å². The molecule has 4 aromatic heterocycles. The average molecular weight is 869 g/mol. The van der Waals surface area contributed by atoms with E-state index in [4.69, 9.17) is 19.9 Å². The number of nitrogens with zero attached hydrogens (tertiary/aromatic N) is 6. The summed E-state index contributed by atoms with van der Waals surface area (Å²) >= 11 is 0. The number of fused-ring (bicyclic) bond motifs is 6. The van der Waals surface area contributed by atoms with Gasteiger partial charge >= 0.3 is 0 Å². The van der Waals surface area contributed by atoms with Gasteiger partial charge in [0.05, 0.1) is 33.4 Å². The topological polar surface area (TPSA) is 61.4 Å². The molecule has 0 atom stereocenters. The number of para-hydroxylation sites is 4. The molecule has 0 saturated heterocycles. The Morgan fingerprint density at radius 2 is 0.779 bits per heavy atom. The van der Waals surface area contributed by atoms with Crippen molar-refractivity contribution >= 4 is 43.6 Å². The maximum Gasteiger partial charge on any atom is 0.238 e. The van der Waals surface area contributed by atoms with Crippen molar-refractivity contribution in [1.82, 2.24) is 29.1 Å².